The van der Waals surface area contributed by atoms with Crippen LogP contribution in [0.25, 0.3) is 0 Å². The Labute approximate surface area is 121 Å². The zero-order chi connectivity index (χ0) is 14.5. The van der Waals surface area contributed by atoms with Crippen molar-refractivity contribution in [1.29, 1.82) is 0 Å². The summed E-state index contributed by atoms with van der Waals surface area (Å²) in [6, 6.07) is 12.5. The average Bonchev–Trinajstić information content (AvgIpc) is 2.48. The quantitative estimate of drug-likeness (QED) is 0.836. The number of likely N-dealkylation sites (N-methyl/N-ethyl adjacent to an activating group) is 1. The maximum absolute atomic E-state index is 4.56. The lowest BCUT2D eigenvalue weighted by molar-refractivity contribution is 0.726. The van der Waals surface area contributed by atoms with Crippen LogP contribution in [0.1, 0.15) is 18.4 Å². The molecule has 0 N–H and O–H groups in total. The van der Waals surface area contributed by atoms with E-state index < -0.39 is 0 Å². The Kier molecular flexibility index (Phi) is 4.56. The summed E-state index contributed by atoms with van der Waals surface area (Å²) in [4.78, 5) is 12.9. The van der Waals surface area contributed by atoms with Crippen LogP contribution >= 0.6 is 0 Å². The lowest BCUT2D eigenvalue weighted by Gasteiger charge is -2.23. The molecule has 0 spiro atoms. The molecule has 0 radical (unpaired) electrons. The molecule has 0 amide bonds. The summed E-state index contributed by atoms with van der Waals surface area (Å²) >= 11 is 0. The van der Waals surface area contributed by atoms with Gasteiger partial charge in [-0.05, 0) is 17.5 Å². The molecule has 1 aromatic carbocycles. The van der Waals surface area contributed by atoms with Gasteiger partial charge in [-0.3, -0.25) is 0 Å². The second-order valence-corrected chi connectivity index (χ2v) is 5.30. The molecule has 0 aliphatic heterocycles. The molecule has 0 saturated heterocycles. The van der Waals surface area contributed by atoms with Crippen molar-refractivity contribution in [2.24, 2.45) is 0 Å². The molecule has 1 aromatic heterocycles. The first-order valence-electron chi connectivity index (χ1n) is 6.84. The molecule has 106 valence electrons. The van der Waals surface area contributed by atoms with Gasteiger partial charge in [0.15, 0.2) is 0 Å². The largest absolute Gasteiger partial charge is 0.359 e. The van der Waals surface area contributed by atoms with E-state index in [1.165, 1.54) is 5.56 Å². The van der Waals surface area contributed by atoms with Gasteiger partial charge in [0.05, 0.1) is 0 Å². The van der Waals surface area contributed by atoms with Crippen LogP contribution in [0.5, 0.6) is 0 Å². The highest BCUT2D eigenvalue weighted by atomic mass is 15.3. The molecule has 2 aromatic rings. The molecule has 0 aliphatic rings. The van der Waals surface area contributed by atoms with Crippen LogP contribution in [0, 0.1) is 0 Å². The zero-order valence-corrected chi connectivity index (χ0v) is 12.6. The molecular weight excluding hydrogens is 248 g/mol. The Bertz CT molecular complexity index is 539. The van der Waals surface area contributed by atoms with Crippen LogP contribution < -0.4 is 9.80 Å². The molecule has 0 aliphatic carbocycles. The highest BCUT2D eigenvalue weighted by Crippen LogP contribution is 2.19. The maximum atomic E-state index is 4.56. The van der Waals surface area contributed by atoms with Gasteiger partial charge in [0.1, 0.15) is 5.82 Å². The van der Waals surface area contributed by atoms with Crippen molar-refractivity contribution in [3.05, 3.63) is 48.2 Å². The fraction of sp³-hybridized carbons (Fsp3) is 0.375. The third-order valence-electron chi connectivity index (χ3n) is 3.34. The number of aromatic nitrogens is 2. The number of benzene rings is 1. The molecule has 0 unspecified atom stereocenters. The summed E-state index contributed by atoms with van der Waals surface area (Å²) < 4.78 is 0. The molecule has 0 bridgehead atoms. The van der Waals surface area contributed by atoms with Crippen LogP contribution in [-0.2, 0) is 0 Å². The van der Waals surface area contributed by atoms with Crippen molar-refractivity contribution in [2.45, 2.75) is 12.8 Å². The predicted molar refractivity (Wildman–Crippen MR) is 84.5 cm³/mol. The molecule has 20 heavy (non-hydrogen) atoms. The van der Waals surface area contributed by atoms with Gasteiger partial charge in [-0.1, -0.05) is 37.3 Å². The number of anilines is 2. The second kappa shape index (κ2) is 6.37. The van der Waals surface area contributed by atoms with E-state index in [0.29, 0.717) is 5.92 Å². The second-order valence-electron chi connectivity index (χ2n) is 5.30. The first-order valence-corrected chi connectivity index (χ1v) is 6.84. The minimum absolute atomic E-state index is 0.457. The van der Waals surface area contributed by atoms with E-state index in [4.69, 9.17) is 0 Å². The monoisotopic (exact) mass is 270 g/mol. The Morgan fingerprint density at radius 3 is 2.40 bits per heavy atom. The Hall–Kier alpha value is -2.10. The van der Waals surface area contributed by atoms with Crippen molar-refractivity contribution >= 4 is 11.8 Å². The molecule has 0 saturated carbocycles. The van der Waals surface area contributed by atoms with Crippen LogP contribution in [0.3, 0.4) is 0 Å². The standard InChI is InChI=1S/C16H22N4/c1-13(14-8-6-5-7-9-14)12-20(4)15-10-11-17-16(18-15)19(2)3/h5-11,13H,12H2,1-4H3/t13-/m1/s1. The van der Waals surface area contributed by atoms with Gasteiger partial charge in [0.25, 0.3) is 0 Å². The van der Waals surface area contributed by atoms with Crippen LogP contribution in [0.2, 0.25) is 0 Å². The normalized spacial score (nSPS) is 12.0. The van der Waals surface area contributed by atoms with Crippen molar-refractivity contribution in [3.63, 3.8) is 0 Å². The van der Waals surface area contributed by atoms with Gasteiger partial charge in [0, 0.05) is 33.9 Å². The van der Waals surface area contributed by atoms with E-state index in [-0.39, 0.29) is 0 Å². The van der Waals surface area contributed by atoms with Crippen molar-refractivity contribution in [2.75, 3.05) is 37.5 Å². The van der Waals surface area contributed by atoms with Gasteiger partial charge in [-0.25, -0.2) is 4.98 Å². The number of nitrogens with zero attached hydrogens (tertiary/aromatic N) is 4. The van der Waals surface area contributed by atoms with Crippen LogP contribution in [0.15, 0.2) is 42.6 Å². The molecule has 0 fully saturated rings. The van der Waals surface area contributed by atoms with Gasteiger partial charge in [-0.15, -0.1) is 0 Å². The number of hydrogen-bond acceptors (Lipinski definition) is 4. The Morgan fingerprint density at radius 1 is 1.05 bits per heavy atom. The van der Waals surface area contributed by atoms with Gasteiger partial charge in [0.2, 0.25) is 5.95 Å². The summed E-state index contributed by atoms with van der Waals surface area (Å²) in [7, 11) is 5.97. The fourth-order valence-corrected chi connectivity index (χ4v) is 2.16. The minimum atomic E-state index is 0.457. The summed E-state index contributed by atoms with van der Waals surface area (Å²) in [6.07, 6.45) is 1.81. The topological polar surface area (TPSA) is 32.3 Å². The average molecular weight is 270 g/mol. The minimum Gasteiger partial charge on any atom is -0.359 e. The summed E-state index contributed by atoms with van der Waals surface area (Å²) in [5, 5.41) is 0. The van der Waals surface area contributed by atoms with Gasteiger partial charge in [-0.2, -0.15) is 4.98 Å². The molecule has 1 atom stereocenters. The van der Waals surface area contributed by atoms with E-state index in [9.17, 15) is 0 Å². The predicted octanol–water partition coefficient (Wildman–Crippen LogP) is 2.78. The number of hydrogen-bond donors (Lipinski definition) is 0. The van der Waals surface area contributed by atoms with Crippen molar-refractivity contribution < 1.29 is 0 Å². The van der Waals surface area contributed by atoms with Crippen molar-refractivity contribution in [1.82, 2.24) is 9.97 Å². The molecule has 2 rings (SSSR count). The zero-order valence-electron chi connectivity index (χ0n) is 12.6. The summed E-state index contributed by atoms with van der Waals surface area (Å²) in [5.41, 5.74) is 1.35. The highest BCUT2D eigenvalue weighted by molar-refractivity contribution is 5.42. The lowest BCUT2D eigenvalue weighted by Crippen LogP contribution is -2.25. The maximum Gasteiger partial charge on any atom is 0.226 e. The van der Waals surface area contributed by atoms with E-state index in [1.807, 2.05) is 31.1 Å². The summed E-state index contributed by atoms with van der Waals surface area (Å²) in [5.74, 6) is 2.15. The van der Waals surface area contributed by atoms with E-state index in [2.05, 4.69) is 53.1 Å². The van der Waals surface area contributed by atoms with Crippen molar-refractivity contribution in [3.8, 4) is 0 Å². The number of rotatable bonds is 5. The van der Waals surface area contributed by atoms with Gasteiger partial charge < -0.3 is 9.80 Å². The van der Waals surface area contributed by atoms with Crippen LogP contribution in [0.4, 0.5) is 11.8 Å². The Morgan fingerprint density at radius 2 is 1.75 bits per heavy atom. The molecule has 1 heterocycles. The Balaban J connectivity index is 2.08. The van der Waals surface area contributed by atoms with Crippen LogP contribution in [-0.4, -0.2) is 37.7 Å². The highest BCUT2D eigenvalue weighted by Gasteiger charge is 2.11. The fourth-order valence-electron chi connectivity index (χ4n) is 2.16. The lowest BCUT2D eigenvalue weighted by atomic mass is 10.0. The smallest absolute Gasteiger partial charge is 0.226 e. The van der Waals surface area contributed by atoms with E-state index in [1.54, 1.807) is 6.20 Å². The summed E-state index contributed by atoms with van der Waals surface area (Å²) in [6.45, 7) is 3.16. The molecule has 4 heteroatoms. The molecular formula is C16H22N4. The third-order valence-corrected chi connectivity index (χ3v) is 3.34. The SMILES string of the molecule is C[C@H](CN(C)c1ccnc(N(C)C)n1)c1ccccc1. The first-order chi connectivity index (χ1) is 9.58. The third kappa shape index (κ3) is 3.47. The van der Waals surface area contributed by atoms with E-state index >= 15 is 0 Å². The molecule has 4 nitrogen and oxygen atoms in total. The van der Waals surface area contributed by atoms with E-state index in [0.717, 1.165) is 18.3 Å². The van der Waals surface area contributed by atoms with Gasteiger partial charge >= 0.3 is 0 Å². The first kappa shape index (κ1) is 14.3.